The summed E-state index contributed by atoms with van der Waals surface area (Å²) in [5, 5.41) is 3.27. The molecule has 3 N–H and O–H groups in total. The SMILES string of the molecule is CCC1OCCC1C(=O)NC1(CN)CCCC(C)C1. The summed E-state index contributed by atoms with van der Waals surface area (Å²) in [7, 11) is 0. The van der Waals surface area contributed by atoms with E-state index in [4.69, 9.17) is 10.5 Å². The van der Waals surface area contributed by atoms with Crippen LogP contribution in [-0.2, 0) is 9.53 Å². The molecular weight excluding hydrogens is 240 g/mol. The second kappa shape index (κ2) is 6.23. The molecule has 19 heavy (non-hydrogen) atoms. The van der Waals surface area contributed by atoms with Gasteiger partial charge in [0.1, 0.15) is 0 Å². The standard InChI is InChI=1S/C15H28N2O2/c1-3-13-12(6-8-19-13)14(18)17-15(10-16)7-4-5-11(2)9-15/h11-13H,3-10,16H2,1-2H3,(H,17,18). The molecule has 0 spiro atoms. The molecule has 1 aliphatic carbocycles. The second-order valence-electron chi connectivity index (χ2n) is 6.39. The number of ether oxygens (including phenoxy) is 1. The molecule has 0 aromatic heterocycles. The molecule has 4 unspecified atom stereocenters. The van der Waals surface area contributed by atoms with Gasteiger partial charge in [0, 0.05) is 13.2 Å². The van der Waals surface area contributed by atoms with Crippen molar-refractivity contribution in [2.24, 2.45) is 17.6 Å². The highest BCUT2D eigenvalue weighted by Crippen LogP contribution is 2.33. The van der Waals surface area contributed by atoms with Crippen LogP contribution in [0.2, 0.25) is 0 Å². The Morgan fingerprint density at radius 3 is 2.89 bits per heavy atom. The zero-order chi connectivity index (χ0) is 13.9. The molecule has 4 atom stereocenters. The molecule has 0 aromatic rings. The number of nitrogens with one attached hydrogen (secondary N) is 1. The average Bonchev–Trinajstić information content (AvgIpc) is 2.87. The van der Waals surface area contributed by atoms with E-state index in [2.05, 4.69) is 19.2 Å². The molecule has 4 nitrogen and oxygen atoms in total. The lowest BCUT2D eigenvalue weighted by atomic mass is 9.76. The molecule has 1 saturated heterocycles. The number of rotatable bonds is 4. The van der Waals surface area contributed by atoms with E-state index in [0.717, 1.165) is 32.1 Å². The molecule has 0 bridgehead atoms. The van der Waals surface area contributed by atoms with Crippen LogP contribution in [0.15, 0.2) is 0 Å². The Morgan fingerprint density at radius 1 is 1.47 bits per heavy atom. The first-order valence-corrected chi connectivity index (χ1v) is 7.74. The molecule has 1 heterocycles. The van der Waals surface area contributed by atoms with E-state index >= 15 is 0 Å². The maximum absolute atomic E-state index is 12.5. The highest BCUT2D eigenvalue weighted by Gasteiger charge is 2.39. The van der Waals surface area contributed by atoms with E-state index in [-0.39, 0.29) is 23.5 Å². The van der Waals surface area contributed by atoms with E-state index in [1.165, 1.54) is 6.42 Å². The van der Waals surface area contributed by atoms with Gasteiger partial charge in [-0.05, 0) is 31.6 Å². The van der Waals surface area contributed by atoms with Crippen molar-refractivity contribution in [3.05, 3.63) is 0 Å². The Hall–Kier alpha value is -0.610. The summed E-state index contributed by atoms with van der Waals surface area (Å²) < 4.78 is 5.62. The summed E-state index contributed by atoms with van der Waals surface area (Å²) in [6.45, 7) is 5.59. The number of hydrogen-bond acceptors (Lipinski definition) is 3. The Balaban J connectivity index is 1.99. The van der Waals surface area contributed by atoms with Crippen molar-refractivity contribution < 1.29 is 9.53 Å². The second-order valence-corrected chi connectivity index (χ2v) is 6.39. The van der Waals surface area contributed by atoms with Gasteiger partial charge in [0.05, 0.1) is 17.6 Å². The van der Waals surface area contributed by atoms with Crippen LogP contribution >= 0.6 is 0 Å². The van der Waals surface area contributed by atoms with Crippen molar-refractivity contribution in [2.75, 3.05) is 13.2 Å². The zero-order valence-electron chi connectivity index (χ0n) is 12.3. The van der Waals surface area contributed by atoms with Gasteiger partial charge in [0.25, 0.3) is 0 Å². The lowest BCUT2D eigenvalue weighted by Crippen LogP contribution is -2.57. The molecule has 0 aromatic carbocycles. The highest BCUT2D eigenvalue weighted by molar-refractivity contribution is 5.80. The third-order valence-corrected chi connectivity index (χ3v) is 4.82. The first-order valence-electron chi connectivity index (χ1n) is 7.74. The summed E-state index contributed by atoms with van der Waals surface area (Å²) in [4.78, 5) is 12.5. The van der Waals surface area contributed by atoms with Crippen LogP contribution in [0.4, 0.5) is 0 Å². The number of carbonyl (C=O) groups is 1. The van der Waals surface area contributed by atoms with Crippen LogP contribution in [0.3, 0.4) is 0 Å². The molecule has 2 aliphatic rings. The molecule has 110 valence electrons. The zero-order valence-corrected chi connectivity index (χ0v) is 12.3. The third-order valence-electron chi connectivity index (χ3n) is 4.82. The third kappa shape index (κ3) is 3.29. The van der Waals surface area contributed by atoms with Crippen molar-refractivity contribution in [2.45, 2.75) is 64.0 Å². The Kier molecular flexibility index (Phi) is 4.85. The van der Waals surface area contributed by atoms with Crippen molar-refractivity contribution in [3.8, 4) is 0 Å². The topological polar surface area (TPSA) is 64.3 Å². The van der Waals surface area contributed by atoms with Crippen LogP contribution in [-0.4, -0.2) is 30.7 Å². The molecule has 1 amide bonds. The van der Waals surface area contributed by atoms with E-state index in [9.17, 15) is 4.79 Å². The number of hydrogen-bond donors (Lipinski definition) is 2. The summed E-state index contributed by atoms with van der Waals surface area (Å²) in [5.74, 6) is 0.828. The number of amides is 1. The molecule has 1 saturated carbocycles. The summed E-state index contributed by atoms with van der Waals surface area (Å²) in [5.41, 5.74) is 5.80. The van der Waals surface area contributed by atoms with Gasteiger partial charge in [-0.25, -0.2) is 0 Å². The van der Waals surface area contributed by atoms with Gasteiger partial charge in [-0.15, -0.1) is 0 Å². The maximum Gasteiger partial charge on any atom is 0.226 e. The van der Waals surface area contributed by atoms with Crippen molar-refractivity contribution in [3.63, 3.8) is 0 Å². The molecular formula is C15H28N2O2. The smallest absolute Gasteiger partial charge is 0.226 e. The van der Waals surface area contributed by atoms with E-state index in [0.29, 0.717) is 19.1 Å². The Morgan fingerprint density at radius 2 is 2.26 bits per heavy atom. The van der Waals surface area contributed by atoms with Crippen LogP contribution in [0.25, 0.3) is 0 Å². The van der Waals surface area contributed by atoms with Gasteiger partial charge in [-0.1, -0.05) is 26.7 Å². The first kappa shape index (κ1) is 14.8. The molecule has 2 fully saturated rings. The van der Waals surface area contributed by atoms with Gasteiger partial charge < -0.3 is 15.8 Å². The van der Waals surface area contributed by atoms with Crippen LogP contribution in [0.1, 0.15) is 52.4 Å². The molecule has 1 aliphatic heterocycles. The fraction of sp³-hybridized carbons (Fsp3) is 0.933. The van der Waals surface area contributed by atoms with E-state index in [1.807, 2.05) is 0 Å². The van der Waals surface area contributed by atoms with E-state index in [1.54, 1.807) is 0 Å². The van der Waals surface area contributed by atoms with Gasteiger partial charge in [0.15, 0.2) is 0 Å². The minimum Gasteiger partial charge on any atom is -0.377 e. The largest absolute Gasteiger partial charge is 0.377 e. The first-order chi connectivity index (χ1) is 9.10. The number of nitrogens with two attached hydrogens (primary N) is 1. The minimum absolute atomic E-state index is 0.0191. The normalized spacial score (nSPS) is 39.2. The van der Waals surface area contributed by atoms with Gasteiger partial charge in [-0.3, -0.25) is 4.79 Å². The fourth-order valence-corrected chi connectivity index (χ4v) is 3.71. The predicted octanol–water partition coefficient (Wildman–Crippen LogP) is 1.83. The highest BCUT2D eigenvalue weighted by atomic mass is 16.5. The Bertz CT molecular complexity index is 321. The Labute approximate surface area is 116 Å². The number of carbonyl (C=O) groups excluding carboxylic acids is 1. The average molecular weight is 268 g/mol. The lowest BCUT2D eigenvalue weighted by molar-refractivity contribution is -0.129. The quantitative estimate of drug-likeness (QED) is 0.817. The fourth-order valence-electron chi connectivity index (χ4n) is 3.71. The van der Waals surface area contributed by atoms with Crippen LogP contribution in [0.5, 0.6) is 0 Å². The van der Waals surface area contributed by atoms with Gasteiger partial charge in [0.2, 0.25) is 5.91 Å². The molecule has 4 heteroatoms. The van der Waals surface area contributed by atoms with Gasteiger partial charge >= 0.3 is 0 Å². The van der Waals surface area contributed by atoms with Crippen molar-refractivity contribution >= 4 is 5.91 Å². The lowest BCUT2D eigenvalue weighted by Gasteiger charge is -2.40. The molecule has 0 radical (unpaired) electrons. The van der Waals surface area contributed by atoms with Gasteiger partial charge in [-0.2, -0.15) is 0 Å². The van der Waals surface area contributed by atoms with E-state index < -0.39 is 0 Å². The summed E-state index contributed by atoms with van der Waals surface area (Å²) in [6, 6.07) is 0. The summed E-state index contributed by atoms with van der Waals surface area (Å²) >= 11 is 0. The maximum atomic E-state index is 12.5. The van der Waals surface area contributed by atoms with Crippen LogP contribution < -0.4 is 11.1 Å². The summed E-state index contributed by atoms with van der Waals surface area (Å²) in [6.07, 6.45) is 6.29. The molecule has 2 rings (SSSR count). The van der Waals surface area contributed by atoms with Crippen molar-refractivity contribution in [1.29, 1.82) is 0 Å². The minimum atomic E-state index is -0.171. The van der Waals surface area contributed by atoms with Crippen LogP contribution in [0, 0.1) is 11.8 Å². The predicted molar refractivity (Wildman–Crippen MR) is 75.7 cm³/mol. The van der Waals surface area contributed by atoms with Crippen molar-refractivity contribution in [1.82, 2.24) is 5.32 Å². The monoisotopic (exact) mass is 268 g/mol.